The van der Waals surface area contributed by atoms with E-state index in [1.54, 1.807) is 0 Å². The zero-order valence-electron chi connectivity index (χ0n) is 10.9. The van der Waals surface area contributed by atoms with Gasteiger partial charge in [0.1, 0.15) is 0 Å². The summed E-state index contributed by atoms with van der Waals surface area (Å²) in [4.78, 5) is 23.4. The molecule has 1 fully saturated rings. The van der Waals surface area contributed by atoms with E-state index in [-0.39, 0.29) is 11.3 Å². The fourth-order valence-electron chi connectivity index (χ4n) is 2.41. The van der Waals surface area contributed by atoms with Gasteiger partial charge in [0.25, 0.3) is 5.69 Å². The molecular formula is C13H16N2O4. The Morgan fingerprint density at radius 1 is 1.37 bits per heavy atom. The van der Waals surface area contributed by atoms with E-state index in [2.05, 4.69) is 13.8 Å². The summed E-state index contributed by atoms with van der Waals surface area (Å²) in [6.07, 6.45) is 0. The molecule has 19 heavy (non-hydrogen) atoms. The molecule has 6 heteroatoms. The van der Waals surface area contributed by atoms with Gasteiger partial charge in [-0.3, -0.25) is 10.1 Å². The highest BCUT2D eigenvalue weighted by Gasteiger charge is 2.29. The van der Waals surface area contributed by atoms with Crippen LogP contribution >= 0.6 is 0 Å². The van der Waals surface area contributed by atoms with Crippen LogP contribution < -0.4 is 4.90 Å². The third kappa shape index (κ3) is 2.52. The number of carbonyl (C=O) groups is 1. The second-order valence-electron chi connectivity index (χ2n) is 5.12. The number of hydrogen-bond acceptors (Lipinski definition) is 4. The van der Waals surface area contributed by atoms with Gasteiger partial charge in [-0.2, -0.15) is 0 Å². The number of nitro benzene ring substituents is 1. The maximum atomic E-state index is 11.3. The predicted octanol–water partition coefficient (Wildman–Crippen LogP) is 2.39. The zero-order chi connectivity index (χ0) is 14.2. The summed E-state index contributed by atoms with van der Waals surface area (Å²) < 4.78 is 0. The van der Waals surface area contributed by atoms with Crippen molar-refractivity contribution in [1.82, 2.24) is 0 Å². The molecule has 0 aliphatic carbocycles. The minimum atomic E-state index is -1.13. The van der Waals surface area contributed by atoms with Crippen molar-refractivity contribution in [2.45, 2.75) is 13.8 Å². The standard InChI is InChI=1S/C13H16N2O4/c1-8-6-14(7-9(8)2)12-4-3-10(15(18)19)5-11(12)13(16)17/h3-5,8-9H,6-7H2,1-2H3,(H,16,17). The van der Waals surface area contributed by atoms with Gasteiger partial charge in [0.05, 0.1) is 16.2 Å². The monoisotopic (exact) mass is 264 g/mol. The second-order valence-corrected chi connectivity index (χ2v) is 5.12. The van der Waals surface area contributed by atoms with Crippen LogP contribution in [-0.2, 0) is 0 Å². The normalized spacial score (nSPS) is 22.5. The van der Waals surface area contributed by atoms with E-state index in [9.17, 15) is 20.0 Å². The van der Waals surface area contributed by atoms with Crippen LogP contribution in [0, 0.1) is 22.0 Å². The Balaban J connectivity index is 2.40. The van der Waals surface area contributed by atoms with E-state index >= 15 is 0 Å². The quantitative estimate of drug-likeness (QED) is 0.669. The molecule has 1 heterocycles. The first-order valence-electron chi connectivity index (χ1n) is 6.17. The number of nitro groups is 1. The lowest BCUT2D eigenvalue weighted by Gasteiger charge is -2.20. The fourth-order valence-corrected chi connectivity index (χ4v) is 2.41. The number of carboxylic acid groups (broad SMARTS) is 1. The lowest BCUT2D eigenvalue weighted by molar-refractivity contribution is -0.384. The average Bonchev–Trinajstić information content (AvgIpc) is 2.68. The molecule has 0 bridgehead atoms. The minimum Gasteiger partial charge on any atom is -0.478 e. The van der Waals surface area contributed by atoms with Crippen molar-refractivity contribution >= 4 is 17.3 Å². The maximum absolute atomic E-state index is 11.3. The van der Waals surface area contributed by atoms with Gasteiger partial charge in [-0.1, -0.05) is 13.8 Å². The molecule has 1 aliphatic rings. The number of benzene rings is 1. The Hall–Kier alpha value is -2.11. The number of nitrogens with zero attached hydrogens (tertiary/aromatic N) is 2. The molecule has 0 spiro atoms. The van der Waals surface area contributed by atoms with E-state index in [1.807, 2.05) is 4.90 Å². The lowest BCUT2D eigenvalue weighted by atomic mass is 10.0. The molecule has 1 aromatic rings. The number of anilines is 1. The van der Waals surface area contributed by atoms with Crippen molar-refractivity contribution in [2.24, 2.45) is 11.8 Å². The highest BCUT2D eigenvalue weighted by molar-refractivity contribution is 5.95. The highest BCUT2D eigenvalue weighted by atomic mass is 16.6. The van der Waals surface area contributed by atoms with Gasteiger partial charge in [0.15, 0.2) is 0 Å². The summed E-state index contributed by atoms with van der Waals surface area (Å²) >= 11 is 0. The summed E-state index contributed by atoms with van der Waals surface area (Å²) in [7, 11) is 0. The van der Waals surface area contributed by atoms with Crippen molar-refractivity contribution in [3.05, 3.63) is 33.9 Å². The van der Waals surface area contributed by atoms with Gasteiger partial charge in [-0.05, 0) is 17.9 Å². The van der Waals surface area contributed by atoms with Crippen LogP contribution in [0.4, 0.5) is 11.4 Å². The van der Waals surface area contributed by atoms with Crippen LogP contribution in [0.15, 0.2) is 18.2 Å². The van der Waals surface area contributed by atoms with Crippen LogP contribution in [0.2, 0.25) is 0 Å². The number of non-ortho nitro benzene ring substituents is 1. The Labute approximate surface area is 110 Å². The van der Waals surface area contributed by atoms with Crippen molar-refractivity contribution in [1.29, 1.82) is 0 Å². The molecule has 0 aromatic heterocycles. The molecule has 6 nitrogen and oxygen atoms in total. The molecule has 2 unspecified atom stereocenters. The number of rotatable bonds is 3. The summed E-state index contributed by atoms with van der Waals surface area (Å²) in [5.41, 5.74) is 0.367. The van der Waals surface area contributed by atoms with Crippen LogP contribution in [0.25, 0.3) is 0 Å². The smallest absolute Gasteiger partial charge is 0.338 e. The second kappa shape index (κ2) is 4.87. The van der Waals surface area contributed by atoms with E-state index in [0.29, 0.717) is 17.5 Å². The molecule has 0 radical (unpaired) electrons. The van der Waals surface area contributed by atoms with Gasteiger partial charge in [0, 0.05) is 25.2 Å². The summed E-state index contributed by atoms with van der Waals surface area (Å²) in [5.74, 6) is -0.167. The van der Waals surface area contributed by atoms with Crippen LogP contribution in [-0.4, -0.2) is 29.1 Å². The topological polar surface area (TPSA) is 83.7 Å². The molecule has 1 N–H and O–H groups in total. The Morgan fingerprint density at radius 2 is 1.95 bits per heavy atom. The van der Waals surface area contributed by atoms with Crippen LogP contribution in [0.3, 0.4) is 0 Å². The lowest BCUT2D eigenvalue weighted by Crippen LogP contribution is -2.22. The number of carboxylic acids is 1. The largest absolute Gasteiger partial charge is 0.478 e. The molecule has 2 rings (SSSR count). The SMILES string of the molecule is CC1CN(c2ccc([N+](=O)[O-])cc2C(=O)O)CC1C. The molecule has 0 amide bonds. The molecule has 0 saturated carbocycles. The first-order valence-corrected chi connectivity index (χ1v) is 6.17. The van der Waals surface area contributed by atoms with Crippen LogP contribution in [0.5, 0.6) is 0 Å². The maximum Gasteiger partial charge on any atom is 0.338 e. The zero-order valence-corrected chi connectivity index (χ0v) is 10.9. The molecular weight excluding hydrogens is 248 g/mol. The van der Waals surface area contributed by atoms with E-state index in [0.717, 1.165) is 19.2 Å². The number of aromatic carboxylic acids is 1. The Morgan fingerprint density at radius 3 is 2.42 bits per heavy atom. The number of hydrogen-bond donors (Lipinski definition) is 1. The van der Waals surface area contributed by atoms with Crippen molar-refractivity contribution in [2.75, 3.05) is 18.0 Å². The third-order valence-corrected chi connectivity index (χ3v) is 3.75. The van der Waals surface area contributed by atoms with Gasteiger partial charge < -0.3 is 10.0 Å². The van der Waals surface area contributed by atoms with Gasteiger partial charge in [-0.15, -0.1) is 0 Å². The Kier molecular flexibility index (Phi) is 3.42. The van der Waals surface area contributed by atoms with Crippen molar-refractivity contribution in [3.63, 3.8) is 0 Å². The summed E-state index contributed by atoms with van der Waals surface area (Å²) in [5, 5.41) is 19.9. The average molecular weight is 264 g/mol. The molecule has 102 valence electrons. The fraction of sp³-hybridized carbons (Fsp3) is 0.462. The third-order valence-electron chi connectivity index (χ3n) is 3.75. The minimum absolute atomic E-state index is 0.00417. The summed E-state index contributed by atoms with van der Waals surface area (Å²) in [6.45, 7) is 5.80. The molecule has 2 atom stereocenters. The van der Waals surface area contributed by atoms with Crippen molar-refractivity contribution < 1.29 is 14.8 Å². The van der Waals surface area contributed by atoms with Gasteiger partial charge >= 0.3 is 5.97 Å². The molecule has 1 aliphatic heterocycles. The van der Waals surface area contributed by atoms with Gasteiger partial charge in [-0.25, -0.2) is 4.79 Å². The first kappa shape index (κ1) is 13.3. The highest BCUT2D eigenvalue weighted by Crippen LogP contribution is 2.32. The predicted molar refractivity (Wildman–Crippen MR) is 70.6 cm³/mol. The van der Waals surface area contributed by atoms with E-state index in [1.165, 1.54) is 12.1 Å². The molecule has 1 aromatic carbocycles. The first-order chi connectivity index (χ1) is 8.90. The van der Waals surface area contributed by atoms with Gasteiger partial charge in [0.2, 0.25) is 0 Å². The summed E-state index contributed by atoms with van der Waals surface area (Å²) in [6, 6.07) is 4.02. The van der Waals surface area contributed by atoms with Crippen LogP contribution in [0.1, 0.15) is 24.2 Å². The van der Waals surface area contributed by atoms with E-state index < -0.39 is 10.9 Å². The van der Waals surface area contributed by atoms with Crippen molar-refractivity contribution in [3.8, 4) is 0 Å². The van der Waals surface area contributed by atoms with E-state index in [4.69, 9.17) is 0 Å². The molecule has 1 saturated heterocycles. The Bertz CT molecular complexity index is 519.